The smallest absolute Gasteiger partial charge is 0.0644 e. The van der Waals surface area contributed by atoms with Gasteiger partial charge in [-0.2, -0.15) is 0 Å². The Kier molecular flexibility index (Phi) is 7.01. The normalized spacial score (nSPS) is 25.5. The highest BCUT2D eigenvalue weighted by Crippen LogP contribution is 2.30. The zero-order valence-electron chi connectivity index (χ0n) is 11.0. The molecule has 2 unspecified atom stereocenters. The Morgan fingerprint density at radius 2 is 2.12 bits per heavy atom. The van der Waals surface area contributed by atoms with Gasteiger partial charge in [0.25, 0.3) is 0 Å². The maximum atomic E-state index is 5.90. The van der Waals surface area contributed by atoms with Gasteiger partial charge in [0.05, 0.1) is 12.7 Å². The summed E-state index contributed by atoms with van der Waals surface area (Å²) in [6, 6.07) is 0. The number of rotatable bonds is 8. The second kappa shape index (κ2) is 8.04. The van der Waals surface area contributed by atoms with Crippen molar-refractivity contribution in [1.82, 2.24) is 5.32 Å². The maximum Gasteiger partial charge on any atom is 0.0644 e. The van der Waals surface area contributed by atoms with Crippen LogP contribution >= 0.6 is 0 Å². The molecule has 96 valence electrons. The van der Waals surface area contributed by atoms with Crippen LogP contribution in [0, 0.1) is 11.8 Å². The molecule has 1 saturated heterocycles. The molecule has 0 bridgehead atoms. The SMILES string of the molecule is CCC(CC)C1OCCC1CNCCOC. The zero-order valence-corrected chi connectivity index (χ0v) is 11.0. The first-order chi connectivity index (χ1) is 7.83. The molecule has 0 aromatic heterocycles. The Morgan fingerprint density at radius 1 is 1.38 bits per heavy atom. The van der Waals surface area contributed by atoms with E-state index in [1.54, 1.807) is 7.11 Å². The lowest BCUT2D eigenvalue weighted by Gasteiger charge is -2.26. The van der Waals surface area contributed by atoms with Crippen LogP contribution in [0.4, 0.5) is 0 Å². The van der Waals surface area contributed by atoms with Gasteiger partial charge in [0.15, 0.2) is 0 Å². The van der Waals surface area contributed by atoms with E-state index in [4.69, 9.17) is 9.47 Å². The van der Waals surface area contributed by atoms with Crippen LogP contribution in [0.25, 0.3) is 0 Å². The molecule has 0 aromatic carbocycles. The van der Waals surface area contributed by atoms with Gasteiger partial charge in [0, 0.05) is 32.7 Å². The molecular weight excluding hydrogens is 202 g/mol. The van der Waals surface area contributed by atoms with Crippen molar-refractivity contribution in [2.24, 2.45) is 11.8 Å². The van der Waals surface area contributed by atoms with Crippen LogP contribution in [0.5, 0.6) is 0 Å². The minimum absolute atomic E-state index is 0.477. The van der Waals surface area contributed by atoms with Crippen molar-refractivity contribution in [3.05, 3.63) is 0 Å². The fourth-order valence-electron chi connectivity index (χ4n) is 2.61. The van der Waals surface area contributed by atoms with Crippen molar-refractivity contribution in [1.29, 1.82) is 0 Å². The maximum absolute atomic E-state index is 5.90. The van der Waals surface area contributed by atoms with E-state index < -0.39 is 0 Å². The Bertz CT molecular complexity index is 171. The summed E-state index contributed by atoms with van der Waals surface area (Å²) in [6.07, 6.45) is 4.15. The van der Waals surface area contributed by atoms with Crippen molar-refractivity contribution in [3.8, 4) is 0 Å². The molecule has 0 spiro atoms. The van der Waals surface area contributed by atoms with Gasteiger partial charge in [-0.05, 0) is 12.3 Å². The number of hydrogen-bond donors (Lipinski definition) is 1. The monoisotopic (exact) mass is 229 g/mol. The third kappa shape index (κ3) is 4.04. The van der Waals surface area contributed by atoms with E-state index in [2.05, 4.69) is 19.2 Å². The highest BCUT2D eigenvalue weighted by Gasteiger charge is 2.32. The molecule has 1 N–H and O–H groups in total. The largest absolute Gasteiger partial charge is 0.383 e. The quantitative estimate of drug-likeness (QED) is 0.646. The van der Waals surface area contributed by atoms with E-state index in [1.165, 1.54) is 19.3 Å². The Labute approximate surface area is 99.9 Å². The summed E-state index contributed by atoms with van der Waals surface area (Å²) < 4.78 is 10.9. The Balaban J connectivity index is 2.28. The molecule has 3 nitrogen and oxygen atoms in total. The van der Waals surface area contributed by atoms with Gasteiger partial charge in [-0.15, -0.1) is 0 Å². The van der Waals surface area contributed by atoms with Crippen molar-refractivity contribution in [3.63, 3.8) is 0 Å². The molecule has 2 atom stereocenters. The fraction of sp³-hybridized carbons (Fsp3) is 1.00. The molecule has 16 heavy (non-hydrogen) atoms. The van der Waals surface area contributed by atoms with Crippen LogP contribution in [0.2, 0.25) is 0 Å². The van der Waals surface area contributed by atoms with Gasteiger partial charge in [0.2, 0.25) is 0 Å². The molecule has 3 heteroatoms. The van der Waals surface area contributed by atoms with E-state index in [0.29, 0.717) is 12.0 Å². The third-order valence-corrected chi connectivity index (χ3v) is 3.67. The van der Waals surface area contributed by atoms with Crippen LogP contribution in [0.3, 0.4) is 0 Å². The van der Waals surface area contributed by atoms with E-state index in [1.807, 2.05) is 0 Å². The van der Waals surface area contributed by atoms with E-state index in [-0.39, 0.29) is 0 Å². The van der Waals surface area contributed by atoms with E-state index >= 15 is 0 Å². The number of hydrogen-bond acceptors (Lipinski definition) is 3. The lowest BCUT2D eigenvalue weighted by Crippen LogP contribution is -2.34. The minimum atomic E-state index is 0.477. The lowest BCUT2D eigenvalue weighted by atomic mass is 9.87. The standard InChI is InChI=1S/C13H27NO2/c1-4-11(5-2)13-12(6-8-16-13)10-14-7-9-15-3/h11-14H,4-10H2,1-3H3. The highest BCUT2D eigenvalue weighted by atomic mass is 16.5. The zero-order chi connectivity index (χ0) is 11.8. The molecular formula is C13H27NO2. The molecule has 1 heterocycles. The molecule has 0 amide bonds. The van der Waals surface area contributed by atoms with E-state index in [9.17, 15) is 0 Å². The molecule has 0 saturated carbocycles. The topological polar surface area (TPSA) is 30.5 Å². The van der Waals surface area contributed by atoms with Gasteiger partial charge in [-0.25, -0.2) is 0 Å². The Morgan fingerprint density at radius 3 is 2.75 bits per heavy atom. The summed E-state index contributed by atoms with van der Waals surface area (Å²) in [6.45, 7) is 8.30. The summed E-state index contributed by atoms with van der Waals surface area (Å²) in [5.41, 5.74) is 0. The van der Waals surface area contributed by atoms with Crippen LogP contribution in [0.15, 0.2) is 0 Å². The predicted molar refractivity (Wildman–Crippen MR) is 66.7 cm³/mol. The molecule has 0 radical (unpaired) electrons. The first-order valence-electron chi connectivity index (χ1n) is 6.64. The highest BCUT2D eigenvalue weighted by molar-refractivity contribution is 4.82. The summed E-state index contributed by atoms with van der Waals surface area (Å²) in [5, 5.41) is 3.46. The average Bonchev–Trinajstić information content (AvgIpc) is 2.75. The second-order valence-corrected chi connectivity index (χ2v) is 4.66. The summed E-state index contributed by atoms with van der Waals surface area (Å²) >= 11 is 0. The molecule has 1 aliphatic rings. The summed E-state index contributed by atoms with van der Waals surface area (Å²) in [5.74, 6) is 1.43. The molecule has 1 aliphatic heterocycles. The van der Waals surface area contributed by atoms with Crippen LogP contribution in [-0.2, 0) is 9.47 Å². The molecule has 0 aromatic rings. The lowest BCUT2D eigenvalue weighted by molar-refractivity contribution is 0.0379. The van der Waals surface area contributed by atoms with Crippen LogP contribution in [0.1, 0.15) is 33.1 Å². The van der Waals surface area contributed by atoms with Gasteiger partial charge in [-0.1, -0.05) is 26.7 Å². The second-order valence-electron chi connectivity index (χ2n) is 4.66. The molecule has 1 fully saturated rings. The fourth-order valence-corrected chi connectivity index (χ4v) is 2.61. The van der Waals surface area contributed by atoms with Crippen molar-refractivity contribution in [2.75, 3.05) is 33.4 Å². The van der Waals surface area contributed by atoms with Crippen molar-refractivity contribution in [2.45, 2.75) is 39.2 Å². The number of ether oxygens (including phenoxy) is 2. The van der Waals surface area contributed by atoms with Crippen molar-refractivity contribution < 1.29 is 9.47 Å². The molecule has 1 rings (SSSR count). The molecule has 0 aliphatic carbocycles. The van der Waals surface area contributed by atoms with Gasteiger partial charge in [-0.3, -0.25) is 0 Å². The van der Waals surface area contributed by atoms with Gasteiger partial charge >= 0.3 is 0 Å². The van der Waals surface area contributed by atoms with Crippen LogP contribution < -0.4 is 5.32 Å². The van der Waals surface area contributed by atoms with Gasteiger partial charge < -0.3 is 14.8 Å². The number of methoxy groups -OCH3 is 1. The average molecular weight is 229 g/mol. The first-order valence-corrected chi connectivity index (χ1v) is 6.64. The predicted octanol–water partition coefficient (Wildman–Crippen LogP) is 2.06. The number of nitrogens with one attached hydrogen (secondary N) is 1. The van der Waals surface area contributed by atoms with E-state index in [0.717, 1.165) is 32.2 Å². The summed E-state index contributed by atoms with van der Waals surface area (Å²) in [4.78, 5) is 0. The van der Waals surface area contributed by atoms with Crippen LogP contribution in [-0.4, -0.2) is 39.5 Å². The van der Waals surface area contributed by atoms with Gasteiger partial charge in [0.1, 0.15) is 0 Å². The first kappa shape index (κ1) is 13.9. The Hall–Kier alpha value is -0.120. The minimum Gasteiger partial charge on any atom is -0.383 e. The van der Waals surface area contributed by atoms with Crippen molar-refractivity contribution >= 4 is 0 Å². The third-order valence-electron chi connectivity index (χ3n) is 3.67. The summed E-state index contributed by atoms with van der Waals surface area (Å²) in [7, 11) is 1.74.